The van der Waals surface area contributed by atoms with Crippen LogP contribution < -0.4 is 5.73 Å². The van der Waals surface area contributed by atoms with Crippen LogP contribution in [-0.4, -0.2) is 23.8 Å². The third-order valence-corrected chi connectivity index (χ3v) is 3.91. The van der Waals surface area contributed by atoms with E-state index in [1.54, 1.807) is 7.11 Å². The van der Waals surface area contributed by atoms with Gasteiger partial charge in [-0.25, -0.2) is 0 Å². The van der Waals surface area contributed by atoms with Crippen molar-refractivity contribution in [3.05, 3.63) is 11.7 Å². The van der Waals surface area contributed by atoms with Crippen LogP contribution in [0.1, 0.15) is 63.1 Å². The maximum atomic E-state index is 5.65. The van der Waals surface area contributed by atoms with Crippen LogP contribution in [0.25, 0.3) is 0 Å². The largest absolute Gasteiger partial charge is 0.370 e. The second-order valence-electron chi connectivity index (χ2n) is 5.19. The van der Waals surface area contributed by atoms with Crippen LogP contribution in [0.2, 0.25) is 0 Å². The van der Waals surface area contributed by atoms with Gasteiger partial charge in [0, 0.05) is 13.0 Å². The molecule has 102 valence electrons. The van der Waals surface area contributed by atoms with Crippen LogP contribution >= 0.6 is 0 Å². The van der Waals surface area contributed by atoms with Crippen LogP contribution in [-0.2, 0) is 10.3 Å². The normalized spacial score (nSPS) is 20.2. The highest BCUT2D eigenvalue weighted by molar-refractivity contribution is 5.05. The Balaban J connectivity index is 2.09. The molecule has 0 radical (unpaired) electrons. The third kappa shape index (κ3) is 2.57. The number of hydrogen-bond donors (Lipinski definition) is 1. The molecule has 5 nitrogen and oxygen atoms in total. The molecule has 1 aliphatic carbocycles. The second kappa shape index (κ2) is 5.80. The van der Waals surface area contributed by atoms with Crippen molar-refractivity contribution in [1.82, 2.24) is 10.1 Å². The summed E-state index contributed by atoms with van der Waals surface area (Å²) >= 11 is 0. The number of ether oxygens (including phenoxy) is 1. The quantitative estimate of drug-likeness (QED) is 0.842. The number of nitrogens with two attached hydrogens (primary N) is 1. The number of methoxy groups -OCH3 is 1. The van der Waals surface area contributed by atoms with E-state index >= 15 is 0 Å². The predicted molar refractivity (Wildman–Crippen MR) is 68.2 cm³/mol. The standard InChI is InChI=1S/C13H23N3O2/c1-10(6-5-9-14)11-15-12(16-18-11)13(17-2)7-3-4-8-13/h10H,3-9,14H2,1-2H3. The van der Waals surface area contributed by atoms with E-state index in [9.17, 15) is 0 Å². The van der Waals surface area contributed by atoms with E-state index in [0.29, 0.717) is 12.4 Å². The molecule has 1 aliphatic rings. The molecule has 2 rings (SSSR count). The Morgan fingerprint density at radius 1 is 1.44 bits per heavy atom. The number of aromatic nitrogens is 2. The molecule has 0 saturated heterocycles. The van der Waals surface area contributed by atoms with E-state index in [2.05, 4.69) is 17.1 Å². The second-order valence-corrected chi connectivity index (χ2v) is 5.19. The Morgan fingerprint density at radius 2 is 2.17 bits per heavy atom. The van der Waals surface area contributed by atoms with Gasteiger partial charge in [0.2, 0.25) is 11.7 Å². The first-order chi connectivity index (χ1) is 8.72. The molecule has 1 saturated carbocycles. The summed E-state index contributed by atoms with van der Waals surface area (Å²) in [7, 11) is 1.74. The Hall–Kier alpha value is -0.940. The lowest BCUT2D eigenvalue weighted by molar-refractivity contribution is -0.0178. The Kier molecular flexibility index (Phi) is 4.35. The van der Waals surface area contributed by atoms with Gasteiger partial charge in [0.15, 0.2) is 0 Å². The fourth-order valence-corrected chi connectivity index (χ4v) is 2.63. The average Bonchev–Trinajstić information content (AvgIpc) is 3.04. The molecule has 1 fully saturated rings. The van der Waals surface area contributed by atoms with Crippen molar-refractivity contribution in [2.45, 2.75) is 57.0 Å². The molecule has 0 bridgehead atoms. The van der Waals surface area contributed by atoms with Gasteiger partial charge in [-0.2, -0.15) is 4.98 Å². The molecule has 1 aromatic heterocycles. The zero-order valence-electron chi connectivity index (χ0n) is 11.3. The first kappa shape index (κ1) is 13.5. The minimum absolute atomic E-state index is 0.269. The van der Waals surface area contributed by atoms with Crippen molar-refractivity contribution in [1.29, 1.82) is 0 Å². The molecular formula is C13H23N3O2. The molecule has 1 heterocycles. The highest BCUT2D eigenvalue weighted by Crippen LogP contribution is 2.40. The maximum absolute atomic E-state index is 5.65. The molecule has 5 heteroatoms. The van der Waals surface area contributed by atoms with Crippen molar-refractivity contribution in [2.24, 2.45) is 5.73 Å². The summed E-state index contributed by atoms with van der Waals surface area (Å²) in [6, 6.07) is 0. The van der Waals surface area contributed by atoms with Gasteiger partial charge in [-0.1, -0.05) is 12.1 Å². The topological polar surface area (TPSA) is 74.2 Å². The SMILES string of the molecule is COC1(c2noc(C(C)CCCN)n2)CCCC1. The molecule has 1 aromatic rings. The fraction of sp³-hybridized carbons (Fsp3) is 0.846. The molecular weight excluding hydrogens is 230 g/mol. The summed E-state index contributed by atoms with van der Waals surface area (Å²) < 4.78 is 11.0. The smallest absolute Gasteiger partial charge is 0.229 e. The van der Waals surface area contributed by atoms with E-state index < -0.39 is 0 Å². The lowest BCUT2D eigenvalue weighted by atomic mass is 10.0. The van der Waals surface area contributed by atoms with Gasteiger partial charge in [-0.05, 0) is 45.1 Å². The van der Waals surface area contributed by atoms with E-state index in [4.69, 9.17) is 15.0 Å². The molecule has 0 aliphatic heterocycles. The van der Waals surface area contributed by atoms with Crippen molar-refractivity contribution >= 4 is 0 Å². The molecule has 0 spiro atoms. The highest BCUT2D eigenvalue weighted by atomic mass is 16.5. The molecule has 0 aromatic carbocycles. The van der Waals surface area contributed by atoms with Gasteiger partial charge in [-0.3, -0.25) is 0 Å². The monoisotopic (exact) mass is 253 g/mol. The lowest BCUT2D eigenvalue weighted by Gasteiger charge is -2.22. The van der Waals surface area contributed by atoms with Crippen molar-refractivity contribution < 1.29 is 9.26 Å². The van der Waals surface area contributed by atoms with Gasteiger partial charge < -0.3 is 15.0 Å². The summed E-state index contributed by atoms with van der Waals surface area (Å²) in [6.45, 7) is 2.80. The van der Waals surface area contributed by atoms with Gasteiger partial charge in [0.1, 0.15) is 5.60 Å². The first-order valence-electron chi connectivity index (χ1n) is 6.81. The summed E-state index contributed by atoms with van der Waals surface area (Å²) in [4.78, 5) is 4.54. The fourth-order valence-electron chi connectivity index (χ4n) is 2.63. The highest BCUT2D eigenvalue weighted by Gasteiger charge is 2.40. The van der Waals surface area contributed by atoms with Crippen LogP contribution in [0.5, 0.6) is 0 Å². The molecule has 1 unspecified atom stereocenters. The zero-order valence-corrected chi connectivity index (χ0v) is 11.3. The number of rotatable bonds is 6. The first-order valence-corrected chi connectivity index (χ1v) is 6.81. The van der Waals surface area contributed by atoms with Gasteiger partial charge >= 0.3 is 0 Å². The van der Waals surface area contributed by atoms with E-state index in [0.717, 1.165) is 31.5 Å². The maximum Gasteiger partial charge on any atom is 0.229 e. The van der Waals surface area contributed by atoms with Crippen molar-refractivity contribution in [3.63, 3.8) is 0 Å². The molecule has 0 amide bonds. The van der Waals surface area contributed by atoms with Crippen molar-refractivity contribution in [2.75, 3.05) is 13.7 Å². The minimum Gasteiger partial charge on any atom is -0.370 e. The molecule has 18 heavy (non-hydrogen) atoms. The van der Waals surface area contributed by atoms with E-state index in [1.165, 1.54) is 12.8 Å². The van der Waals surface area contributed by atoms with E-state index in [-0.39, 0.29) is 11.5 Å². The Bertz CT molecular complexity index is 372. The van der Waals surface area contributed by atoms with Crippen molar-refractivity contribution in [3.8, 4) is 0 Å². The van der Waals surface area contributed by atoms with Gasteiger partial charge in [0.25, 0.3) is 0 Å². The average molecular weight is 253 g/mol. The van der Waals surface area contributed by atoms with Crippen LogP contribution in [0.4, 0.5) is 0 Å². The Labute approximate surface area is 108 Å². The summed E-state index contributed by atoms with van der Waals surface area (Å²) in [5.41, 5.74) is 5.21. The predicted octanol–water partition coefficient (Wildman–Crippen LogP) is 2.33. The molecule has 1 atom stereocenters. The number of hydrogen-bond acceptors (Lipinski definition) is 5. The van der Waals surface area contributed by atoms with Crippen LogP contribution in [0, 0.1) is 0 Å². The van der Waals surface area contributed by atoms with Crippen LogP contribution in [0.3, 0.4) is 0 Å². The number of nitrogens with zero attached hydrogens (tertiary/aromatic N) is 2. The summed E-state index contributed by atoms with van der Waals surface area (Å²) in [6.07, 6.45) is 6.27. The zero-order chi connectivity index (χ0) is 13.0. The van der Waals surface area contributed by atoms with Gasteiger partial charge in [-0.15, -0.1) is 0 Å². The minimum atomic E-state index is -0.310. The summed E-state index contributed by atoms with van der Waals surface area (Å²) in [5.74, 6) is 1.70. The Morgan fingerprint density at radius 3 is 2.78 bits per heavy atom. The van der Waals surface area contributed by atoms with E-state index in [1.807, 2.05) is 0 Å². The van der Waals surface area contributed by atoms with Gasteiger partial charge in [0.05, 0.1) is 0 Å². The van der Waals surface area contributed by atoms with Crippen LogP contribution in [0.15, 0.2) is 4.52 Å². The third-order valence-electron chi connectivity index (χ3n) is 3.91. The summed E-state index contributed by atoms with van der Waals surface area (Å²) in [5, 5.41) is 4.13. The molecule has 2 N–H and O–H groups in total. The lowest BCUT2D eigenvalue weighted by Crippen LogP contribution is -2.26.